The molecule has 2 rings (SSSR count). The van der Waals surface area contributed by atoms with E-state index >= 15 is 0 Å². The number of alkyl halides is 3. The lowest BCUT2D eigenvalue weighted by Gasteiger charge is -2.22. The highest BCUT2D eigenvalue weighted by molar-refractivity contribution is 7.92. The molecule has 0 saturated heterocycles. The van der Waals surface area contributed by atoms with Crippen molar-refractivity contribution in [3.63, 3.8) is 0 Å². The van der Waals surface area contributed by atoms with Gasteiger partial charge >= 0.3 is 6.18 Å². The summed E-state index contributed by atoms with van der Waals surface area (Å²) in [6, 6.07) is 7.49. The zero-order valence-corrected chi connectivity index (χ0v) is 19.4. The van der Waals surface area contributed by atoms with Crippen LogP contribution in [0.3, 0.4) is 0 Å². The molecule has 0 atom stereocenters. The monoisotopic (exact) mass is 513 g/mol. The molecule has 0 aromatic heterocycles. The summed E-state index contributed by atoms with van der Waals surface area (Å²) in [5.41, 5.74) is -1.39. The molecule has 0 heterocycles. The molecular weight excluding hydrogens is 495 g/mol. The zero-order valence-electron chi connectivity index (χ0n) is 17.0. The fourth-order valence-electron chi connectivity index (χ4n) is 2.55. The van der Waals surface area contributed by atoms with E-state index in [9.17, 15) is 34.8 Å². The van der Waals surface area contributed by atoms with E-state index in [1.54, 1.807) is 0 Å². The Labute approximate surface area is 188 Å². The molecule has 14 heteroatoms. The van der Waals surface area contributed by atoms with Crippen LogP contribution >= 0.6 is 11.6 Å². The van der Waals surface area contributed by atoms with Crippen molar-refractivity contribution in [3.8, 4) is 0 Å². The van der Waals surface area contributed by atoms with Crippen LogP contribution in [0.15, 0.2) is 47.4 Å². The molecule has 32 heavy (non-hydrogen) atoms. The molecule has 0 saturated carbocycles. The highest BCUT2D eigenvalue weighted by Gasteiger charge is 2.33. The first-order valence-electron chi connectivity index (χ1n) is 8.70. The number of halogens is 4. The molecular formula is C18H19ClF3N3O5S2. The molecule has 2 aromatic rings. The van der Waals surface area contributed by atoms with Gasteiger partial charge in [0, 0.05) is 19.8 Å². The van der Waals surface area contributed by atoms with E-state index < -0.39 is 49.3 Å². The minimum absolute atomic E-state index is 0.00700. The average Bonchev–Trinajstić information content (AvgIpc) is 2.66. The largest absolute Gasteiger partial charge is 0.417 e. The van der Waals surface area contributed by atoms with Gasteiger partial charge in [-0.2, -0.15) is 13.2 Å². The third-order valence-corrected chi connectivity index (χ3v) is 7.45. The predicted molar refractivity (Wildman–Crippen MR) is 115 cm³/mol. The smallest absolute Gasteiger partial charge is 0.324 e. The molecule has 2 aromatic carbocycles. The van der Waals surface area contributed by atoms with Gasteiger partial charge in [0.15, 0.2) is 0 Å². The predicted octanol–water partition coefficient (Wildman–Crippen LogP) is 3.01. The number of carbonyl (C=O) groups excluding carboxylic acids is 1. The number of nitrogens with zero attached hydrogens (tertiary/aromatic N) is 2. The van der Waals surface area contributed by atoms with Gasteiger partial charge in [-0.1, -0.05) is 11.6 Å². The van der Waals surface area contributed by atoms with Crippen LogP contribution < -0.4 is 9.62 Å². The second-order valence-corrected chi connectivity index (χ2v) is 11.3. The molecule has 0 aliphatic rings. The molecule has 0 aliphatic heterocycles. The van der Waals surface area contributed by atoms with Gasteiger partial charge in [0.05, 0.1) is 27.4 Å². The summed E-state index contributed by atoms with van der Waals surface area (Å²) in [5, 5.41) is 1.64. The van der Waals surface area contributed by atoms with Crippen LogP contribution in [-0.2, 0) is 31.0 Å². The molecule has 0 spiro atoms. The Balaban J connectivity index is 2.29. The van der Waals surface area contributed by atoms with Crippen molar-refractivity contribution in [3.05, 3.63) is 53.1 Å². The Hall–Kier alpha value is -2.35. The molecule has 0 unspecified atom stereocenters. The van der Waals surface area contributed by atoms with Crippen LogP contribution in [0.5, 0.6) is 0 Å². The summed E-state index contributed by atoms with van der Waals surface area (Å²) >= 11 is 5.54. The lowest BCUT2D eigenvalue weighted by atomic mass is 10.2. The lowest BCUT2D eigenvalue weighted by molar-refractivity contribution is -0.137. The first kappa shape index (κ1) is 25.9. The number of hydrogen-bond acceptors (Lipinski definition) is 5. The zero-order chi connectivity index (χ0) is 24.5. The van der Waals surface area contributed by atoms with Crippen LogP contribution in [0, 0.1) is 0 Å². The number of hydrogen-bond donors (Lipinski definition) is 1. The highest BCUT2D eigenvalue weighted by atomic mass is 35.5. The van der Waals surface area contributed by atoms with E-state index in [1.807, 2.05) is 0 Å². The van der Waals surface area contributed by atoms with Gasteiger partial charge in [-0.05, 0) is 42.5 Å². The summed E-state index contributed by atoms with van der Waals surface area (Å²) < 4.78 is 89.3. The number of sulfonamides is 2. The van der Waals surface area contributed by atoms with Gasteiger partial charge in [0.2, 0.25) is 26.0 Å². The fourth-order valence-corrected chi connectivity index (χ4v) is 4.53. The van der Waals surface area contributed by atoms with Gasteiger partial charge < -0.3 is 5.32 Å². The Morgan fingerprint density at radius 1 is 1.03 bits per heavy atom. The van der Waals surface area contributed by atoms with E-state index in [4.69, 9.17) is 11.6 Å². The number of anilines is 2. The van der Waals surface area contributed by atoms with E-state index in [-0.39, 0.29) is 16.3 Å². The molecule has 0 radical (unpaired) electrons. The summed E-state index contributed by atoms with van der Waals surface area (Å²) in [5.74, 6) is -0.920. The molecule has 1 amide bonds. The number of rotatable bonds is 7. The summed E-state index contributed by atoms with van der Waals surface area (Å²) in [4.78, 5) is 12.3. The average molecular weight is 514 g/mol. The topological polar surface area (TPSA) is 104 Å². The van der Waals surface area contributed by atoms with Gasteiger partial charge in [-0.15, -0.1) is 0 Å². The van der Waals surface area contributed by atoms with E-state index in [2.05, 4.69) is 5.32 Å². The Bertz CT molecular complexity index is 1220. The number of amides is 1. The van der Waals surface area contributed by atoms with Crippen LogP contribution in [-0.4, -0.2) is 53.9 Å². The number of benzene rings is 2. The Kier molecular flexibility index (Phi) is 7.49. The van der Waals surface area contributed by atoms with Crippen molar-refractivity contribution in [2.75, 3.05) is 36.5 Å². The van der Waals surface area contributed by atoms with Gasteiger partial charge in [0.1, 0.15) is 6.54 Å². The first-order chi connectivity index (χ1) is 14.5. The lowest BCUT2D eigenvalue weighted by Crippen LogP contribution is -2.37. The van der Waals surface area contributed by atoms with Crippen molar-refractivity contribution in [2.24, 2.45) is 0 Å². The second kappa shape index (κ2) is 9.25. The third kappa shape index (κ3) is 6.12. The summed E-state index contributed by atoms with van der Waals surface area (Å²) in [7, 11) is -5.09. The maximum Gasteiger partial charge on any atom is 0.417 e. The first-order valence-corrected chi connectivity index (χ1v) is 12.4. The molecule has 8 nitrogen and oxygen atoms in total. The van der Waals surface area contributed by atoms with Gasteiger partial charge in [-0.25, -0.2) is 21.1 Å². The normalized spacial score (nSPS) is 12.6. The van der Waals surface area contributed by atoms with Crippen molar-refractivity contribution in [1.82, 2.24) is 4.31 Å². The quantitative estimate of drug-likeness (QED) is 0.613. The van der Waals surface area contributed by atoms with Crippen molar-refractivity contribution < 1.29 is 34.8 Å². The Morgan fingerprint density at radius 3 is 2.06 bits per heavy atom. The van der Waals surface area contributed by atoms with Crippen molar-refractivity contribution in [1.29, 1.82) is 0 Å². The molecule has 0 fully saturated rings. The number of nitrogens with one attached hydrogen (secondary N) is 1. The molecule has 176 valence electrons. The fraction of sp³-hybridized carbons (Fsp3) is 0.278. The van der Waals surface area contributed by atoms with E-state index in [0.29, 0.717) is 10.4 Å². The Morgan fingerprint density at radius 2 is 1.59 bits per heavy atom. The summed E-state index contributed by atoms with van der Waals surface area (Å²) in [6.07, 6.45) is -3.92. The second-order valence-electron chi connectivity index (χ2n) is 6.79. The van der Waals surface area contributed by atoms with Gasteiger partial charge in [0.25, 0.3) is 0 Å². The van der Waals surface area contributed by atoms with E-state index in [0.717, 1.165) is 22.7 Å². The minimum Gasteiger partial charge on any atom is -0.324 e. The van der Waals surface area contributed by atoms with Crippen LogP contribution in [0.1, 0.15) is 5.56 Å². The van der Waals surface area contributed by atoms with Crippen molar-refractivity contribution >= 4 is 48.9 Å². The van der Waals surface area contributed by atoms with Crippen LogP contribution in [0.25, 0.3) is 0 Å². The summed E-state index contributed by atoms with van der Waals surface area (Å²) in [6.45, 7) is -0.761. The van der Waals surface area contributed by atoms with Gasteiger partial charge in [-0.3, -0.25) is 9.10 Å². The molecule has 0 bridgehead atoms. The maximum absolute atomic E-state index is 13.0. The van der Waals surface area contributed by atoms with Crippen LogP contribution in [0.4, 0.5) is 24.5 Å². The SMILES string of the molecule is CN(C)S(=O)(=O)c1ccc(N(CC(=O)Nc2ccc(Cl)c(C(F)(F)F)c2)S(C)(=O)=O)cc1. The van der Waals surface area contributed by atoms with Crippen molar-refractivity contribution in [2.45, 2.75) is 11.1 Å². The molecule has 0 aliphatic carbocycles. The van der Waals surface area contributed by atoms with E-state index in [1.165, 1.54) is 38.4 Å². The third-order valence-electron chi connectivity index (χ3n) is 4.15. The standard InChI is InChI=1S/C18H19ClF3N3O5S2/c1-24(2)32(29,30)14-7-5-13(6-8-14)25(31(3,27)28)11-17(26)23-12-4-9-16(19)15(10-12)18(20,21)22/h4-10H,11H2,1-3H3,(H,23,26). The molecule has 1 N–H and O–H groups in total. The minimum atomic E-state index is -4.74. The highest BCUT2D eigenvalue weighted by Crippen LogP contribution is 2.36. The number of carbonyl (C=O) groups is 1. The maximum atomic E-state index is 13.0. The van der Waals surface area contributed by atoms with Crippen LogP contribution in [0.2, 0.25) is 5.02 Å².